The van der Waals surface area contributed by atoms with E-state index in [0.29, 0.717) is 35.1 Å². The lowest BCUT2D eigenvalue weighted by molar-refractivity contribution is -0.120. The minimum Gasteiger partial charge on any atom is -0.484 e. The van der Waals surface area contributed by atoms with E-state index >= 15 is 0 Å². The van der Waals surface area contributed by atoms with Gasteiger partial charge in [0, 0.05) is 25.5 Å². The largest absolute Gasteiger partial charge is 0.484 e. The predicted octanol–water partition coefficient (Wildman–Crippen LogP) is 4.44. The van der Waals surface area contributed by atoms with E-state index < -0.39 is 5.82 Å². The smallest absolute Gasteiger partial charge is 0.266 e. The van der Waals surface area contributed by atoms with Crippen molar-refractivity contribution in [3.8, 4) is 5.75 Å². The first-order chi connectivity index (χ1) is 14.6. The molecule has 0 unspecified atom stereocenters. The van der Waals surface area contributed by atoms with Crippen LogP contribution in [0.15, 0.2) is 61.2 Å². The van der Waals surface area contributed by atoms with Crippen molar-refractivity contribution < 1.29 is 13.9 Å². The van der Waals surface area contributed by atoms with Crippen molar-refractivity contribution in [2.75, 3.05) is 18.1 Å². The van der Waals surface area contributed by atoms with Crippen LogP contribution in [-0.2, 0) is 11.3 Å². The third-order valence-corrected chi connectivity index (χ3v) is 5.67. The van der Waals surface area contributed by atoms with Gasteiger partial charge in [-0.3, -0.25) is 9.69 Å². The number of carbonyl (C=O) groups is 1. The third-order valence-electron chi connectivity index (χ3n) is 4.63. The normalized spacial score (nSPS) is 11.0. The summed E-state index contributed by atoms with van der Waals surface area (Å²) in [4.78, 5) is 23.0. The number of hydrogen-bond donors (Lipinski definition) is 0. The maximum atomic E-state index is 14.1. The maximum absolute atomic E-state index is 14.1. The van der Waals surface area contributed by atoms with E-state index in [9.17, 15) is 9.18 Å². The zero-order valence-electron chi connectivity index (χ0n) is 16.5. The molecule has 0 fully saturated rings. The van der Waals surface area contributed by atoms with Crippen LogP contribution in [0.2, 0.25) is 0 Å². The molecule has 0 N–H and O–H groups in total. The van der Waals surface area contributed by atoms with Gasteiger partial charge in [-0.05, 0) is 37.6 Å². The predicted molar refractivity (Wildman–Crippen MR) is 115 cm³/mol. The fourth-order valence-electron chi connectivity index (χ4n) is 3.03. The lowest BCUT2D eigenvalue weighted by Crippen LogP contribution is -2.36. The zero-order chi connectivity index (χ0) is 20.9. The Bertz CT molecular complexity index is 1130. The number of rotatable bonds is 8. The fraction of sp³-hybridized carbons (Fsp3) is 0.227. The second-order valence-corrected chi connectivity index (χ2v) is 7.89. The molecule has 0 atom stereocenters. The summed E-state index contributed by atoms with van der Waals surface area (Å²) in [5.74, 6) is 0.0139. The summed E-state index contributed by atoms with van der Waals surface area (Å²) >= 11 is 1.30. The van der Waals surface area contributed by atoms with Crippen molar-refractivity contribution >= 4 is 32.6 Å². The van der Waals surface area contributed by atoms with E-state index in [4.69, 9.17) is 4.74 Å². The minimum absolute atomic E-state index is 0.119. The number of para-hydroxylation sites is 1. The average molecular weight is 425 g/mol. The SMILES string of the molecule is Cc1ccc(OCC(=O)N(CCCn2ccnc2)c2nc3c(F)cccc3s2)cc1. The Morgan fingerprint density at radius 3 is 2.80 bits per heavy atom. The number of aromatic nitrogens is 3. The zero-order valence-corrected chi connectivity index (χ0v) is 17.3. The molecule has 0 saturated carbocycles. The summed E-state index contributed by atoms with van der Waals surface area (Å²) in [6.07, 6.45) is 6.03. The molecule has 4 aromatic rings. The summed E-state index contributed by atoms with van der Waals surface area (Å²) in [6.45, 7) is 3.02. The molecule has 0 saturated heterocycles. The van der Waals surface area contributed by atoms with Crippen molar-refractivity contribution in [3.05, 3.63) is 72.6 Å². The molecule has 0 bridgehead atoms. The first-order valence-corrected chi connectivity index (χ1v) is 10.4. The summed E-state index contributed by atoms with van der Waals surface area (Å²) in [6, 6.07) is 12.3. The van der Waals surface area contributed by atoms with Crippen LogP contribution in [0.1, 0.15) is 12.0 Å². The van der Waals surface area contributed by atoms with Gasteiger partial charge in [0.05, 0.1) is 11.0 Å². The van der Waals surface area contributed by atoms with E-state index in [0.717, 1.165) is 5.56 Å². The van der Waals surface area contributed by atoms with Crippen LogP contribution in [0, 0.1) is 12.7 Å². The van der Waals surface area contributed by atoms with Gasteiger partial charge < -0.3 is 9.30 Å². The molecule has 0 aliphatic rings. The van der Waals surface area contributed by atoms with Crippen LogP contribution in [0.3, 0.4) is 0 Å². The highest BCUT2D eigenvalue weighted by Crippen LogP contribution is 2.30. The molecule has 0 aliphatic carbocycles. The number of ether oxygens (including phenoxy) is 1. The minimum atomic E-state index is -0.392. The number of thiazole rings is 1. The molecule has 1 amide bonds. The Morgan fingerprint density at radius 1 is 1.23 bits per heavy atom. The van der Waals surface area contributed by atoms with Gasteiger partial charge >= 0.3 is 0 Å². The third kappa shape index (κ3) is 4.65. The quantitative estimate of drug-likeness (QED) is 0.420. The highest BCUT2D eigenvalue weighted by atomic mass is 32.1. The van der Waals surface area contributed by atoms with Crippen LogP contribution < -0.4 is 9.64 Å². The molecule has 4 rings (SSSR count). The summed E-state index contributed by atoms with van der Waals surface area (Å²) in [5, 5.41) is 0.471. The Labute approximate surface area is 177 Å². The summed E-state index contributed by atoms with van der Waals surface area (Å²) in [7, 11) is 0. The highest BCUT2D eigenvalue weighted by Gasteiger charge is 2.21. The number of benzene rings is 2. The van der Waals surface area contributed by atoms with Crippen molar-refractivity contribution in [2.45, 2.75) is 19.9 Å². The highest BCUT2D eigenvalue weighted by molar-refractivity contribution is 7.22. The Kier molecular flexibility index (Phi) is 6.04. The number of anilines is 1. The second-order valence-electron chi connectivity index (χ2n) is 6.88. The summed E-state index contributed by atoms with van der Waals surface area (Å²) in [5.41, 5.74) is 1.40. The summed E-state index contributed by atoms with van der Waals surface area (Å²) < 4.78 is 22.4. The number of halogens is 1. The average Bonchev–Trinajstić information content (AvgIpc) is 3.41. The lowest BCUT2D eigenvalue weighted by atomic mass is 10.2. The van der Waals surface area contributed by atoms with Gasteiger partial charge in [0.25, 0.3) is 5.91 Å². The topological polar surface area (TPSA) is 60.2 Å². The molecule has 0 radical (unpaired) electrons. The number of nitrogens with zero attached hydrogens (tertiary/aromatic N) is 4. The standard InChI is InChI=1S/C22H21FN4O2S/c1-16-6-8-17(9-7-16)29-14-20(28)27(12-3-11-26-13-10-24-15-26)22-25-21-18(23)4-2-5-19(21)30-22/h2,4-10,13,15H,3,11-12,14H2,1H3. The van der Waals surface area contributed by atoms with Crippen LogP contribution >= 0.6 is 11.3 Å². The van der Waals surface area contributed by atoms with Gasteiger partial charge in [0.1, 0.15) is 17.1 Å². The number of carbonyl (C=O) groups excluding carboxylic acids is 1. The van der Waals surface area contributed by atoms with Crippen LogP contribution in [0.4, 0.5) is 9.52 Å². The van der Waals surface area contributed by atoms with Crippen LogP contribution in [-0.4, -0.2) is 33.6 Å². The van der Waals surface area contributed by atoms with Crippen molar-refractivity contribution in [1.82, 2.24) is 14.5 Å². The molecule has 0 spiro atoms. The van der Waals surface area contributed by atoms with Gasteiger partial charge in [0.2, 0.25) is 0 Å². The maximum Gasteiger partial charge on any atom is 0.266 e. The van der Waals surface area contributed by atoms with E-state index in [1.807, 2.05) is 42.0 Å². The second kappa shape index (κ2) is 9.04. The van der Waals surface area contributed by atoms with Gasteiger partial charge in [-0.25, -0.2) is 14.4 Å². The van der Waals surface area contributed by atoms with Gasteiger partial charge in [-0.1, -0.05) is 35.1 Å². The number of amides is 1. The molecular weight excluding hydrogens is 403 g/mol. The Morgan fingerprint density at radius 2 is 2.07 bits per heavy atom. The lowest BCUT2D eigenvalue weighted by Gasteiger charge is -2.20. The van der Waals surface area contributed by atoms with E-state index in [1.54, 1.807) is 29.6 Å². The first-order valence-electron chi connectivity index (χ1n) is 9.61. The first kappa shape index (κ1) is 20.0. The Balaban J connectivity index is 1.51. The van der Waals surface area contributed by atoms with E-state index in [2.05, 4.69) is 9.97 Å². The number of hydrogen-bond acceptors (Lipinski definition) is 5. The van der Waals surface area contributed by atoms with E-state index in [1.165, 1.54) is 17.4 Å². The molecule has 8 heteroatoms. The fourth-order valence-corrected chi connectivity index (χ4v) is 4.06. The van der Waals surface area contributed by atoms with Crippen LogP contribution in [0.5, 0.6) is 5.75 Å². The van der Waals surface area contributed by atoms with Crippen molar-refractivity contribution in [3.63, 3.8) is 0 Å². The molecular formula is C22H21FN4O2S. The molecule has 2 heterocycles. The van der Waals surface area contributed by atoms with Crippen molar-refractivity contribution in [1.29, 1.82) is 0 Å². The van der Waals surface area contributed by atoms with E-state index in [-0.39, 0.29) is 18.0 Å². The molecule has 30 heavy (non-hydrogen) atoms. The molecule has 154 valence electrons. The Hall–Kier alpha value is -3.26. The molecule has 2 aromatic carbocycles. The van der Waals surface area contributed by atoms with Gasteiger partial charge in [-0.2, -0.15) is 0 Å². The number of aryl methyl sites for hydroxylation is 2. The van der Waals surface area contributed by atoms with Crippen LogP contribution in [0.25, 0.3) is 10.2 Å². The van der Waals surface area contributed by atoms with Gasteiger partial charge in [-0.15, -0.1) is 0 Å². The number of fused-ring (bicyclic) bond motifs is 1. The monoisotopic (exact) mass is 424 g/mol. The van der Waals surface area contributed by atoms with Gasteiger partial charge in [0.15, 0.2) is 11.7 Å². The van der Waals surface area contributed by atoms with Crippen molar-refractivity contribution in [2.24, 2.45) is 0 Å². The number of imidazole rings is 1. The molecule has 6 nitrogen and oxygen atoms in total. The molecule has 0 aliphatic heterocycles. The molecule has 2 aromatic heterocycles.